The van der Waals surface area contributed by atoms with Crippen LogP contribution in [0.5, 0.6) is 0 Å². The quantitative estimate of drug-likeness (QED) is 0.849. The summed E-state index contributed by atoms with van der Waals surface area (Å²) >= 11 is 0. The Hall–Kier alpha value is -2.37. The highest BCUT2D eigenvalue weighted by molar-refractivity contribution is 5.87. The maximum atomic E-state index is 12.5. The van der Waals surface area contributed by atoms with Crippen molar-refractivity contribution in [1.29, 1.82) is 0 Å². The lowest BCUT2D eigenvalue weighted by Gasteiger charge is -2.07. The second kappa shape index (κ2) is 4.72. The van der Waals surface area contributed by atoms with Gasteiger partial charge in [0.25, 0.3) is 0 Å². The summed E-state index contributed by atoms with van der Waals surface area (Å²) in [4.78, 5) is 14.1. The fourth-order valence-corrected chi connectivity index (χ4v) is 1.58. The van der Waals surface area contributed by atoms with E-state index in [0.717, 1.165) is 18.3 Å². The number of halogens is 3. The molecule has 0 atom stereocenters. The Kier molecular flexibility index (Phi) is 3.25. The molecule has 2 aromatic rings. The van der Waals surface area contributed by atoms with Crippen LogP contribution in [-0.2, 0) is 11.0 Å². The summed E-state index contributed by atoms with van der Waals surface area (Å²) in [6, 6.07) is 5.57. The first kappa shape index (κ1) is 13.1. The SMILES string of the molecule is O=C(O)/C=C/c1ccc2ncc(C(F)(F)F)cc2c1. The number of hydrogen-bond acceptors (Lipinski definition) is 2. The molecule has 1 aromatic carbocycles. The molecule has 0 fully saturated rings. The van der Waals surface area contributed by atoms with Crippen LogP contribution in [0.1, 0.15) is 11.1 Å². The number of fused-ring (bicyclic) bond motifs is 1. The Morgan fingerprint density at radius 1 is 1.26 bits per heavy atom. The number of benzene rings is 1. The van der Waals surface area contributed by atoms with Crippen LogP contribution in [0.4, 0.5) is 13.2 Å². The van der Waals surface area contributed by atoms with Gasteiger partial charge in [0.05, 0.1) is 11.1 Å². The number of carboxylic acids is 1. The number of carbonyl (C=O) groups is 1. The first-order chi connectivity index (χ1) is 8.86. The van der Waals surface area contributed by atoms with Gasteiger partial charge in [0.1, 0.15) is 0 Å². The third kappa shape index (κ3) is 3.09. The maximum absolute atomic E-state index is 12.5. The van der Waals surface area contributed by atoms with E-state index in [9.17, 15) is 18.0 Å². The predicted molar refractivity (Wildman–Crippen MR) is 63.4 cm³/mol. The van der Waals surface area contributed by atoms with Crippen LogP contribution < -0.4 is 0 Å². The van der Waals surface area contributed by atoms with Crippen molar-refractivity contribution >= 4 is 22.9 Å². The van der Waals surface area contributed by atoms with Gasteiger partial charge in [-0.15, -0.1) is 0 Å². The molecular weight excluding hydrogens is 259 g/mol. The third-order valence-corrected chi connectivity index (χ3v) is 2.45. The minimum absolute atomic E-state index is 0.308. The van der Waals surface area contributed by atoms with Crippen molar-refractivity contribution in [2.45, 2.75) is 6.18 Å². The summed E-state index contributed by atoms with van der Waals surface area (Å²) in [5.41, 5.74) is 0.0795. The molecule has 0 amide bonds. The zero-order valence-corrected chi connectivity index (χ0v) is 9.48. The van der Waals surface area contributed by atoms with Crippen LogP contribution in [0.25, 0.3) is 17.0 Å². The second-order valence-electron chi connectivity index (χ2n) is 3.85. The number of nitrogens with zero attached hydrogens (tertiary/aromatic N) is 1. The second-order valence-corrected chi connectivity index (χ2v) is 3.85. The van der Waals surface area contributed by atoms with E-state index in [1.54, 1.807) is 6.07 Å². The van der Waals surface area contributed by atoms with Crippen molar-refractivity contribution in [3.05, 3.63) is 47.7 Å². The number of rotatable bonds is 2. The van der Waals surface area contributed by atoms with Crippen LogP contribution in [0, 0.1) is 0 Å². The summed E-state index contributed by atoms with van der Waals surface area (Å²) in [5, 5.41) is 8.80. The molecule has 1 heterocycles. The summed E-state index contributed by atoms with van der Waals surface area (Å²) in [6.07, 6.45) is -1.45. The summed E-state index contributed by atoms with van der Waals surface area (Å²) in [7, 11) is 0. The predicted octanol–water partition coefficient (Wildman–Crippen LogP) is 3.35. The first-order valence-electron chi connectivity index (χ1n) is 5.24. The molecule has 6 heteroatoms. The number of aliphatic carboxylic acids is 1. The molecule has 1 aromatic heterocycles. The Labute approximate surface area is 106 Å². The molecule has 0 bridgehead atoms. The summed E-state index contributed by atoms with van der Waals surface area (Å²) < 4.78 is 37.6. The molecule has 19 heavy (non-hydrogen) atoms. The number of pyridine rings is 1. The minimum Gasteiger partial charge on any atom is -0.478 e. The lowest BCUT2D eigenvalue weighted by atomic mass is 10.1. The van der Waals surface area contributed by atoms with E-state index in [1.807, 2.05) is 0 Å². The van der Waals surface area contributed by atoms with Crippen LogP contribution in [0.15, 0.2) is 36.5 Å². The summed E-state index contributed by atoms with van der Waals surface area (Å²) in [6.45, 7) is 0. The monoisotopic (exact) mass is 267 g/mol. The molecule has 0 aliphatic carbocycles. The van der Waals surface area contributed by atoms with Crippen molar-refractivity contribution in [3.63, 3.8) is 0 Å². The van der Waals surface area contributed by atoms with Crippen LogP contribution >= 0.6 is 0 Å². The molecule has 0 unspecified atom stereocenters. The van der Waals surface area contributed by atoms with Crippen molar-refractivity contribution < 1.29 is 23.1 Å². The molecule has 0 saturated heterocycles. The van der Waals surface area contributed by atoms with E-state index in [-0.39, 0.29) is 0 Å². The molecule has 0 radical (unpaired) electrons. The van der Waals surface area contributed by atoms with Gasteiger partial charge in [0.15, 0.2) is 0 Å². The molecule has 2 rings (SSSR count). The van der Waals surface area contributed by atoms with Gasteiger partial charge < -0.3 is 5.11 Å². The fourth-order valence-electron chi connectivity index (χ4n) is 1.58. The van der Waals surface area contributed by atoms with Gasteiger partial charge in [-0.25, -0.2) is 4.79 Å². The lowest BCUT2D eigenvalue weighted by molar-refractivity contribution is -0.137. The minimum atomic E-state index is -4.45. The normalized spacial score (nSPS) is 12.2. The molecule has 1 N–H and O–H groups in total. The molecule has 0 aliphatic rings. The van der Waals surface area contributed by atoms with E-state index in [2.05, 4.69) is 4.98 Å². The highest BCUT2D eigenvalue weighted by atomic mass is 19.4. The first-order valence-corrected chi connectivity index (χ1v) is 5.24. The standard InChI is InChI=1S/C13H8F3NO2/c14-13(15,16)10-6-9-5-8(2-4-12(18)19)1-3-11(9)17-7-10/h1-7H,(H,18,19)/b4-2+. The van der Waals surface area contributed by atoms with Gasteiger partial charge in [-0.3, -0.25) is 4.98 Å². The van der Waals surface area contributed by atoms with E-state index in [0.29, 0.717) is 16.5 Å². The average Bonchev–Trinajstić information content (AvgIpc) is 2.34. The molecular formula is C13H8F3NO2. The Morgan fingerprint density at radius 3 is 2.63 bits per heavy atom. The topological polar surface area (TPSA) is 50.2 Å². The molecule has 3 nitrogen and oxygen atoms in total. The molecule has 0 saturated carbocycles. The Balaban J connectivity index is 2.48. The van der Waals surface area contributed by atoms with Crippen LogP contribution in [-0.4, -0.2) is 16.1 Å². The number of aromatic nitrogens is 1. The van der Waals surface area contributed by atoms with Crippen molar-refractivity contribution in [2.75, 3.05) is 0 Å². The van der Waals surface area contributed by atoms with Gasteiger partial charge in [-0.2, -0.15) is 13.2 Å². The van der Waals surface area contributed by atoms with Crippen LogP contribution in [0.2, 0.25) is 0 Å². The van der Waals surface area contributed by atoms with Crippen LogP contribution in [0.3, 0.4) is 0 Å². The number of alkyl halides is 3. The largest absolute Gasteiger partial charge is 0.478 e. The van der Waals surface area contributed by atoms with Crippen molar-refractivity contribution in [2.24, 2.45) is 0 Å². The maximum Gasteiger partial charge on any atom is 0.417 e. The fraction of sp³-hybridized carbons (Fsp3) is 0.0769. The van der Waals surface area contributed by atoms with E-state index in [1.165, 1.54) is 18.2 Å². The zero-order chi connectivity index (χ0) is 14.0. The Morgan fingerprint density at radius 2 is 2.00 bits per heavy atom. The zero-order valence-electron chi connectivity index (χ0n) is 9.48. The highest BCUT2D eigenvalue weighted by Crippen LogP contribution is 2.30. The smallest absolute Gasteiger partial charge is 0.417 e. The third-order valence-electron chi connectivity index (χ3n) is 2.45. The Bertz CT molecular complexity index is 662. The van der Waals surface area contributed by atoms with Gasteiger partial charge in [0, 0.05) is 17.7 Å². The van der Waals surface area contributed by atoms with Crippen molar-refractivity contribution in [3.8, 4) is 0 Å². The molecule has 0 spiro atoms. The van der Waals surface area contributed by atoms with E-state index >= 15 is 0 Å². The van der Waals surface area contributed by atoms with Gasteiger partial charge in [-0.05, 0) is 29.8 Å². The number of hydrogen-bond donors (Lipinski definition) is 1. The summed E-state index contributed by atoms with van der Waals surface area (Å²) in [5.74, 6) is -1.12. The van der Waals surface area contributed by atoms with Gasteiger partial charge in [-0.1, -0.05) is 6.07 Å². The van der Waals surface area contributed by atoms with E-state index < -0.39 is 17.7 Å². The molecule has 0 aliphatic heterocycles. The number of carboxylic acid groups (broad SMARTS) is 1. The lowest BCUT2D eigenvalue weighted by Crippen LogP contribution is -2.05. The van der Waals surface area contributed by atoms with E-state index in [4.69, 9.17) is 5.11 Å². The van der Waals surface area contributed by atoms with Gasteiger partial charge in [0.2, 0.25) is 0 Å². The van der Waals surface area contributed by atoms with Gasteiger partial charge >= 0.3 is 12.1 Å². The van der Waals surface area contributed by atoms with Crippen molar-refractivity contribution in [1.82, 2.24) is 4.98 Å². The highest BCUT2D eigenvalue weighted by Gasteiger charge is 2.30. The average molecular weight is 267 g/mol. The molecule has 98 valence electrons.